The van der Waals surface area contributed by atoms with Crippen LogP contribution in [-0.2, 0) is 23.4 Å². The van der Waals surface area contributed by atoms with Gasteiger partial charge in [0.15, 0.2) is 0 Å². The standard InChI is InChI=1S/C28H17F11O2/c1-2-3-14-4-7-18-15(10-14)5-8-19(25(18)32)16-6-9-20(21(29)11-16)26(33,34)40-17-12-22(30)24(23(31)13-17)27(35,36)41-28(37,38)39/h4-13H,2-3H2,1H3. The Hall–Kier alpha value is -3.87. The molecule has 0 unspecified atom stereocenters. The summed E-state index contributed by atoms with van der Waals surface area (Å²) in [5, 5.41) is 0.779. The molecule has 0 aliphatic rings. The lowest BCUT2D eigenvalue weighted by Crippen LogP contribution is -2.30. The minimum Gasteiger partial charge on any atom is -0.429 e. The number of alkyl halides is 7. The Morgan fingerprint density at radius 2 is 1.34 bits per heavy atom. The average Bonchev–Trinajstić information content (AvgIpc) is 2.81. The first-order valence-corrected chi connectivity index (χ1v) is 11.7. The zero-order valence-corrected chi connectivity index (χ0v) is 20.7. The lowest BCUT2D eigenvalue weighted by Gasteiger charge is -2.22. The van der Waals surface area contributed by atoms with Gasteiger partial charge in [0.25, 0.3) is 0 Å². The molecule has 0 saturated carbocycles. The van der Waals surface area contributed by atoms with Crippen molar-refractivity contribution in [2.75, 3.05) is 0 Å². The first kappa shape index (κ1) is 30.1. The number of ether oxygens (including phenoxy) is 2. The van der Waals surface area contributed by atoms with E-state index < -0.39 is 58.7 Å². The molecule has 0 heterocycles. The maximum Gasteiger partial charge on any atom is 0.527 e. The summed E-state index contributed by atoms with van der Waals surface area (Å²) in [6, 6.07) is 9.50. The van der Waals surface area contributed by atoms with Gasteiger partial charge in [-0.25, -0.2) is 22.3 Å². The van der Waals surface area contributed by atoms with E-state index in [0.29, 0.717) is 17.5 Å². The monoisotopic (exact) mass is 594 g/mol. The molecule has 0 atom stereocenters. The number of hydrogen-bond donors (Lipinski definition) is 0. The molecule has 0 amide bonds. The number of rotatable bonds is 8. The predicted molar refractivity (Wildman–Crippen MR) is 125 cm³/mol. The molecule has 0 radical (unpaired) electrons. The molecule has 0 aliphatic heterocycles. The maximum atomic E-state index is 15.2. The fraction of sp³-hybridized carbons (Fsp3) is 0.214. The predicted octanol–water partition coefficient (Wildman–Crippen LogP) is 9.73. The van der Waals surface area contributed by atoms with Gasteiger partial charge in [0, 0.05) is 23.1 Å². The van der Waals surface area contributed by atoms with Gasteiger partial charge in [-0.3, -0.25) is 0 Å². The van der Waals surface area contributed by atoms with Gasteiger partial charge in [0.05, 0.1) is 5.56 Å². The Labute approximate surface area is 224 Å². The Morgan fingerprint density at radius 1 is 0.683 bits per heavy atom. The lowest BCUT2D eigenvalue weighted by atomic mass is 9.97. The van der Waals surface area contributed by atoms with E-state index in [-0.39, 0.29) is 28.6 Å². The van der Waals surface area contributed by atoms with Crippen LogP contribution in [0.4, 0.5) is 48.3 Å². The molecular formula is C28H17F11O2. The van der Waals surface area contributed by atoms with Crippen LogP contribution in [0.1, 0.15) is 30.0 Å². The van der Waals surface area contributed by atoms with Crippen molar-refractivity contribution in [3.8, 4) is 16.9 Å². The van der Waals surface area contributed by atoms with Gasteiger partial charge in [0.1, 0.15) is 34.6 Å². The summed E-state index contributed by atoms with van der Waals surface area (Å²) in [6.07, 6.45) is -14.6. The number of fused-ring (bicyclic) bond motifs is 1. The summed E-state index contributed by atoms with van der Waals surface area (Å²) in [5.41, 5.74) is -3.26. The Kier molecular flexibility index (Phi) is 7.96. The average molecular weight is 594 g/mol. The first-order chi connectivity index (χ1) is 19.0. The summed E-state index contributed by atoms with van der Waals surface area (Å²) in [5.74, 6) is -8.63. The third kappa shape index (κ3) is 6.39. The molecule has 0 spiro atoms. The quantitative estimate of drug-likeness (QED) is 0.189. The fourth-order valence-electron chi connectivity index (χ4n) is 4.21. The second-order valence-corrected chi connectivity index (χ2v) is 8.87. The molecule has 0 aliphatic carbocycles. The van der Waals surface area contributed by atoms with Crippen LogP contribution in [0.25, 0.3) is 21.9 Å². The smallest absolute Gasteiger partial charge is 0.429 e. The molecule has 0 bridgehead atoms. The molecule has 0 saturated heterocycles. The van der Waals surface area contributed by atoms with Crippen molar-refractivity contribution in [2.24, 2.45) is 0 Å². The highest BCUT2D eigenvalue weighted by molar-refractivity contribution is 5.88. The van der Waals surface area contributed by atoms with Crippen molar-refractivity contribution >= 4 is 10.8 Å². The lowest BCUT2D eigenvalue weighted by molar-refractivity contribution is -0.432. The van der Waals surface area contributed by atoms with Crippen LogP contribution in [-0.4, -0.2) is 6.36 Å². The first-order valence-electron chi connectivity index (χ1n) is 11.7. The van der Waals surface area contributed by atoms with Gasteiger partial charge in [-0.2, -0.15) is 17.6 Å². The number of halogens is 11. The Morgan fingerprint density at radius 3 is 1.93 bits per heavy atom. The topological polar surface area (TPSA) is 18.5 Å². The highest BCUT2D eigenvalue weighted by atomic mass is 19.4. The normalized spacial score (nSPS) is 12.7. The van der Waals surface area contributed by atoms with E-state index in [1.54, 1.807) is 24.3 Å². The van der Waals surface area contributed by atoms with Crippen molar-refractivity contribution in [3.05, 3.63) is 101 Å². The minimum absolute atomic E-state index is 0.114. The third-order valence-corrected chi connectivity index (χ3v) is 5.95. The van der Waals surface area contributed by atoms with Crippen molar-refractivity contribution in [1.82, 2.24) is 0 Å². The third-order valence-electron chi connectivity index (χ3n) is 5.95. The van der Waals surface area contributed by atoms with Crippen molar-refractivity contribution in [2.45, 2.75) is 38.3 Å². The van der Waals surface area contributed by atoms with Gasteiger partial charge in [-0.05, 0) is 35.1 Å². The SMILES string of the molecule is CCCc1ccc2c(F)c(-c3ccc(C(F)(F)Oc4cc(F)c(C(F)(F)OC(F)(F)F)c(F)c4)c(F)c3)ccc2c1. The molecule has 13 heteroatoms. The molecule has 4 rings (SSSR count). The van der Waals surface area contributed by atoms with Crippen LogP contribution in [0.3, 0.4) is 0 Å². The number of aryl methyl sites for hydroxylation is 1. The maximum absolute atomic E-state index is 15.2. The van der Waals surface area contributed by atoms with Crippen LogP contribution in [0.15, 0.2) is 60.7 Å². The second kappa shape index (κ2) is 10.8. The molecule has 4 aromatic rings. The number of hydrogen-bond acceptors (Lipinski definition) is 2. The molecule has 0 fully saturated rings. The van der Waals surface area contributed by atoms with E-state index in [2.05, 4.69) is 9.47 Å². The van der Waals surface area contributed by atoms with Crippen LogP contribution in [0, 0.1) is 23.3 Å². The van der Waals surface area contributed by atoms with E-state index in [0.717, 1.165) is 24.5 Å². The van der Waals surface area contributed by atoms with Crippen molar-refractivity contribution in [1.29, 1.82) is 0 Å². The Balaban J connectivity index is 1.62. The van der Waals surface area contributed by atoms with Gasteiger partial charge in [0.2, 0.25) is 0 Å². The molecule has 4 aromatic carbocycles. The van der Waals surface area contributed by atoms with E-state index >= 15 is 4.39 Å². The van der Waals surface area contributed by atoms with Crippen LogP contribution < -0.4 is 4.74 Å². The minimum atomic E-state index is -6.00. The second-order valence-electron chi connectivity index (χ2n) is 8.87. The van der Waals surface area contributed by atoms with Gasteiger partial charge in [-0.1, -0.05) is 49.7 Å². The van der Waals surface area contributed by atoms with Gasteiger partial charge >= 0.3 is 18.6 Å². The largest absolute Gasteiger partial charge is 0.527 e. The highest BCUT2D eigenvalue weighted by Gasteiger charge is 2.50. The fourth-order valence-corrected chi connectivity index (χ4v) is 4.21. The summed E-state index contributed by atoms with van der Waals surface area (Å²) in [4.78, 5) is 0. The molecule has 41 heavy (non-hydrogen) atoms. The summed E-state index contributed by atoms with van der Waals surface area (Å²) < 4.78 is 158. The van der Waals surface area contributed by atoms with Crippen molar-refractivity contribution in [3.63, 3.8) is 0 Å². The molecular weight excluding hydrogens is 577 g/mol. The van der Waals surface area contributed by atoms with Crippen molar-refractivity contribution < 1.29 is 57.8 Å². The summed E-state index contributed by atoms with van der Waals surface area (Å²) >= 11 is 0. The molecule has 218 valence electrons. The van der Waals surface area contributed by atoms with Crippen LogP contribution >= 0.6 is 0 Å². The molecule has 0 N–H and O–H groups in total. The van der Waals surface area contributed by atoms with Crippen LogP contribution in [0.2, 0.25) is 0 Å². The summed E-state index contributed by atoms with van der Waals surface area (Å²) in [6.45, 7) is 1.98. The van der Waals surface area contributed by atoms with Gasteiger partial charge < -0.3 is 4.74 Å². The Bertz CT molecular complexity index is 1570. The molecule has 2 nitrogen and oxygen atoms in total. The van der Waals surface area contributed by atoms with Crippen LogP contribution in [0.5, 0.6) is 5.75 Å². The van der Waals surface area contributed by atoms with E-state index in [4.69, 9.17) is 0 Å². The van der Waals surface area contributed by atoms with E-state index in [1.165, 1.54) is 6.07 Å². The van der Waals surface area contributed by atoms with E-state index in [9.17, 15) is 43.9 Å². The van der Waals surface area contributed by atoms with E-state index in [1.807, 2.05) is 6.92 Å². The highest BCUT2D eigenvalue weighted by Crippen LogP contribution is 2.42. The zero-order chi connectivity index (χ0) is 30.3. The molecule has 0 aromatic heterocycles. The summed E-state index contributed by atoms with van der Waals surface area (Å²) in [7, 11) is 0. The van der Waals surface area contributed by atoms with Gasteiger partial charge in [-0.15, -0.1) is 13.2 Å². The zero-order valence-electron chi connectivity index (χ0n) is 20.7. The number of benzene rings is 4.